The Kier molecular flexibility index (Phi) is 1.89. The molecule has 2 N–H and O–H groups in total. The van der Waals surface area contributed by atoms with Crippen molar-refractivity contribution in [1.29, 1.82) is 0 Å². The number of benzene rings is 1. The topological polar surface area (TPSA) is 56.0 Å². The Bertz CT molecular complexity index is 510. The molecule has 0 saturated carbocycles. The first-order chi connectivity index (χ1) is 6.68. The van der Waals surface area contributed by atoms with E-state index in [1.54, 1.807) is 24.3 Å². The second kappa shape index (κ2) is 3.06. The number of halogens is 1. The lowest BCUT2D eigenvalue weighted by Crippen LogP contribution is -2.15. The minimum atomic E-state index is -0.853. The third-order valence-electron chi connectivity index (χ3n) is 1.91. The van der Waals surface area contributed by atoms with Crippen LogP contribution in [0.4, 0.5) is 4.39 Å². The number of nitrogens with zero attached hydrogens (tertiary/aromatic N) is 1. The number of amides is 1. The van der Waals surface area contributed by atoms with Crippen molar-refractivity contribution in [3.63, 3.8) is 0 Å². The Morgan fingerprint density at radius 2 is 2.07 bits per heavy atom. The summed E-state index contributed by atoms with van der Waals surface area (Å²) in [5.74, 6) is -1.54. The van der Waals surface area contributed by atoms with Gasteiger partial charge >= 0.3 is 0 Å². The molecule has 0 saturated heterocycles. The highest BCUT2D eigenvalue weighted by Crippen LogP contribution is 2.14. The van der Waals surface area contributed by atoms with Gasteiger partial charge in [0.1, 0.15) is 0 Å². The zero-order chi connectivity index (χ0) is 10.1. The fourth-order valence-corrected chi connectivity index (χ4v) is 1.26. The molecular formula is C10H7FN2O. The second-order valence-electron chi connectivity index (χ2n) is 2.88. The zero-order valence-corrected chi connectivity index (χ0v) is 7.20. The number of nitrogens with two attached hydrogens (primary N) is 1. The summed E-state index contributed by atoms with van der Waals surface area (Å²) in [7, 11) is 0. The van der Waals surface area contributed by atoms with Crippen LogP contribution in [0.15, 0.2) is 30.3 Å². The summed E-state index contributed by atoms with van der Waals surface area (Å²) < 4.78 is 13.2. The SMILES string of the molecule is NC(=O)c1nc2ccccc2cc1F. The molecule has 0 atom stereocenters. The summed E-state index contributed by atoms with van der Waals surface area (Å²) in [5, 5.41) is 0.648. The highest BCUT2D eigenvalue weighted by atomic mass is 19.1. The number of hydrogen-bond acceptors (Lipinski definition) is 2. The molecule has 0 spiro atoms. The van der Waals surface area contributed by atoms with Crippen molar-refractivity contribution in [2.45, 2.75) is 0 Å². The number of rotatable bonds is 1. The lowest BCUT2D eigenvalue weighted by molar-refractivity contribution is 0.0992. The van der Waals surface area contributed by atoms with Gasteiger partial charge in [-0.1, -0.05) is 18.2 Å². The van der Waals surface area contributed by atoms with Crippen molar-refractivity contribution >= 4 is 16.8 Å². The van der Waals surface area contributed by atoms with Crippen LogP contribution >= 0.6 is 0 Å². The van der Waals surface area contributed by atoms with E-state index in [9.17, 15) is 9.18 Å². The van der Waals surface area contributed by atoms with Gasteiger partial charge in [0.2, 0.25) is 0 Å². The van der Waals surface area contributed by atoms with E-state index in [1.165, 1.54) is 6.07 Å². The summed E-state index contributed by atoms with van der Waals surface area (Å²) in [5.41, 5.74) is 5.21. The van der Waals surface area contributed by atoms with Crippen LogP contribution in [0.3, 0.4) is 0 Å². The van der Waals surface area contributed by atoms with Crippen molar-refractivity contribution in [3.05, 3.63) is 41.8 Å². The minimum absolute atomic E-state index is 0.316. The third-order valence-corrected chi connectivity index (χ3v) is 1.91. The second-order valence-corrected chi connectivity index (χ2v) is 2.88. The van der Waals surface area contributed by atoms with Crippen LogP contribution in [0.5, 0.6) is 0 Å². The number of hydrogen-bond donors (Lipinski definition) is 1. The summed E-state index contributed by atoms with van der Waals surface area (Å²) in [6.07, 6.45) is 0. The van der Waals surface area contributed by atoms with Crippen LogP contribution in [-0.2, 0) is 0 Å². The predicted octanol–water partition coefficient (Wildman–Crippen LogP) is 1.47. The van der Waals surface area contributed by atoms with Gasteiger partial charge in [-0.2, -0.15) is 0 Å². The van der Waals surface area contributed by atoms with Gasteiger partial charge in [0, 0.05) is 5.39 Å². The molecule has 2 rings (SSSR count). The van der Waals surface area contributed by atoms with E-state index in [2.05, 4.69) is 4.98 Å². The van der Waals surface area contributed by atoms with Crippen LogP contribution in [-0.4, -0.2) is 10.9 Å². The van der Waals surface area contributed by atoms with Crippen molar-refractivity contribution < 1.29 is 9.18 Å². The average Bonchev–Trinajstić information content (AvgIpc) is 2.16. The standard InChI is InChI=1S/C10H7FN2O/c11-7-5-6-3-1-2-4-8(6)13-9(7)10(12)14/h1-5H,(H2,12,14). The largest absolute Gasteiger partial charge is 0.364 e. The number of carbonyl (C=O) groups excluding carboxylic acids is 1. The molecule has 0 aliphatic heterocycles. The van der Waals surface area contributed by atoms with Gasteiger partial charge in [-0.3, -0.25) is 4.79 Å². The molecule has 0 unspecified atom stereocenters. The number of pyridine rings is 1. The van der Waals surface area contributed by atoms with Gasteiger partial charge in [0.25, 0.3) is 5.91 Å². The summed E-state index contributed by atoms with van der Waals surface area (Å²) in [4.78, 5) is 14.6. The van der Waals surface area contributed by atoms with Crippen LogP contribution in [0.1, 0.15) is 10.5 Å². The summed E-state index contributed by atoms with van der Waals surface area (Å²) in [6.45, 7) is 0. The smallest absolute Gasteiger partial charge is 0.270 e. The van der Waals surface area contributed by atoms with Gasteiger partial charge in [-0.25, -0.2) is 9.37 Å². The molecule has 1 aromatic carbocycles. The van der Waals surface area contributed by atoms with Gasteiger partial charge < -0.3 is 5.73 Å². The lowest BCUT2D eigenvalue weighted by atomic mass is 10.2. The van der Waals surface area contributed by atoms with Gasteiger partial charge in [-0.15, -0.1) is 0 Å². The third kappa shape index (κ3) is 1.31. The van der Waals surface area contributed by atoms with E-state index in [1.807, 2.05) is 0 Å². The monoisotopic (exact) mass is 190 g/mol. The van der Waals surface area contributed by atoms with E-state index in [-0.39, 0.29) is 5.69 Å². The maximum absolute atomic E-state index is 13.2. The molecule has 2 aromatic rings. The molecule has 0 bridgehead atoms. The number of aromatic nitrogens is 1. The number of para-hydroxylation sites is 1. The number of carbonyl (C=O) groups is 1. The Balaban J connectivity index is 2.77. The van der Waals surface area contributed by atoms with E-state index in [0.717, 1.165) is 0 Å². The van der Waals surface area contributed by atoms with E-state index in [4.69, 9.17) is 5.73 Å². The highest BCUT2D eigenvalue weighted by molar-refractivity contribution is 5.93. The van der Waals surface area contributed by atoms with Gasteiger partial charge in [0.15, 0.2) is 11.5 Å². The summed E-state index contributed by atoms with van der Waals surface area (Å²) >= 11 is 0. The van der Waals surface area contributed by atoms with Crippen LogP contribution in [0.2, 0.25) is 0 Å². The van der Waals surface area contributed by atoms with Gasteiger partial charge in [-0.05, 0) is 12.1 Å². The lowest BCUT2D eigenvalue weighted by Gasteiger charge is -2.00. The highest BCUT2D eigenvalue weighted by Gasteiger charge is 2.10. The van der Waals surface area contributed by atoms with E-state index >= 15 is 0 Å². The Hall–Kier alpha value is -1.97. The minimum Gasteiger partial charge on any atom is -0.364 e. The Morgan fingerprint density at radius 1 is 1.36 bits per heavy atom. The average molecular weight is 190 g/mol. The van der Waals surface area contributed by atoms with Gasteiger partial charge in [0.05, 0.1) is 5.52 Å². The van der Waals surface area contributed by atoms with Crippen molar-refractivity contribution in [2.75, 3.05) is 0 Å². The molecule has 1 aromatic heterocycles. The Labute approximate surface area is 79.4 Å². The molecule has 1 amide bonds. The number of fused-ring (bicyclic) bond motifs is 1. The molecular weight excluding hydrogens is 183 g/mol. The van der Waals surface area contributed by atoms with Crippen LogP contribution in [0, 0.1) is 5.82 Å². The fraction of sp³-hybridized carbons (Fsp3) is 0. The van der Waals surface area contributed by atoms with Crippen LogP contribution < -0.4 is 5.73 Å². The van der Waals surface area contributed by atoms with E-state index < -0.39 is 11.7 Å². The molecule has 70 valence electrons. The molecule has 0 aliphatic rings. The quantitative estimate of drug-likeness (QED) is 0.740. The fourth-order valence-electron chi connectivity index (χ4n) is 1.26. The van der Waals surface area contributed by atoms with E-state index in [0.29, 0.717) is 10.9 Å². The first kappa shape index (κ1) is 8.62. The first-order valence-electron chi connectivity index (χ1n) is 4.03. The maximum Gasteiger partial charge on any atom is 0.270 e. The molecule has 0 radical (unpaired) electrons. The van der Waals surface area contributed by atoms with Crippen molar-refractivity contribution in [3.8, 4) is 0 Å². The number of primary amides is 1. The van der Waals surface area contributed by atoms with Crippen molar-refractivity contribution in [1.82, 2.24) is 4.98 Å². The molecule has 0 fully saturated rings. The summed E-state index contributed by atoms with van der Waals surface area (Å²) in [6, 6.07) is 8.20. The molecule has 0 aliphatic carbocycles. The molecule has 3 nitrogen and oxygen atoms in total. The Morgan fingerprint density at radius 3 is 2.79 bits per heavy atom. The van der Waals surface area contributed by atoms with Crippen molar-refractivity contribution in [2.24, 2.45) is 5.73 Å². The maximum atomic E-state index is 13.2. The van der Waals surface area contributed by atoms with Crippen LogP contribution in [0.25, 0.3) is 10.9 Å². The zero-order valence-electron chi connectivity index (χ0n) is 7.20. The first-order valence-corrected chi connectivity index (χ1v) is 4.03. The molecule has 1 heterocycles. The molecule has 14 heavy (non-hydrogen) atoms. The normalized spacial score (nSPS) is 10.4. The predicted molar refractivity (Wildman–Crippen MR) is 50.2 cm³/mol. The molecule has 4 heteroatoms.